The predicted octanol–water partition coefficient (Wildman–Crippen LogP) is 1.96. The van der Waals surface area contributed by atoms with Crippen molar-refractivity contribution in [3.63, 3.8) is 0 Å². The molecule has 1 heterocycles. The van der Waals surface area contributed by atoms with Gasteiger partial charge in [-0.1, -0.05) is 34.6 Å². The average Bonchev–Trinajstić information content (AvgIpc) is 2.81. The second-order valence-electron chi connectivity index (χ2n) is 5.20. The Morgan fingerprint density at radius 1 is 1.22 bits per heavy atom. The third-order valence-corrected chi connectivity index (χ3v) is 3.93. The minimum absolute atomic E-state index is 0.242. The van der Waals surface area contributed by atoms with Gasteiger partial charge < -0.3 is 5.11 Å². The van der Waals surface area contributed by atoms with E-state index in [2.05, 4.69) is 15.5 Å². The van der Waals surface area contributed by atoms with Crippen LogP contribution in [0.3, 0.4) is 0 Å². The second kappa shape index (κ2) is 5.04. The van der Waals surface area contributed by atoms with E-state index in [-0.39, 0.29) is 5.41 Å². The number of rotatable bonds is 6. The molecule has 0 bridgehead atoms. The van der Waals surface area contributed by atoms with Crippen molar-refractivity contribution in [1.29, 1.82) is 0 Å². The monoisotopic (exact) mass is 254 g/mol. The van der Waals surface area contributed by atoms with Crippen LogP contribution in [-0.4, -0.2) is 31.3 Å². The number of carboxylic acid groups (broad SMARTS) is 1. The van der Waals surface area contributed by atoms with Gasteiger partial charge in [0.2, 0.25) is 0 Å². The lowest BCUT2D eigenvalue weighted by Crippen LogP contribution is -2.44. The molecule has 18 heavy (non-hydrogen) atoms. The predicted molar refractivity (Wildman–Crippen MR) is 67.3 cm³/mol. The van der Waals surface area contributed by atoms with Gasteiger partial charge in [-0.15, -0.1) is 5.10 Å². The normalized spacial score (nSPS) is 12.7. The molecule has 6 nitrogen and oxygen atoms in total. The first-order chi connectivity index (χ1) is 8.35. The Morgan fingerprint density at radius 3 is 2.17 bits per heavy atom. The molecule has 0 aliphatic carbocycles. The molecular formula is C12H22N4O2. The molecule has 0 saturated carbocycles. The zero-order chi connectivity index (χ0) is 14.0. The van der Waals surface area contributed by atoms with Crippen molar-refractivity contribution in [2.75, 3.05) is 0 Å². The van der Waals surface area contributed by atoms with Crippen molar-refractivity contribution in [3.8, 4) is 0 Å². The van der Waals surface area contributed by atoms with Gasteiger partial charge in [0.25, 0.3) is 0 Å². The highest BCUT2D eigenvalue weighted by atomic mass is 16.4. The molecule has 0 aliphatic heterocycles. The number of hydrogen-bond donors (Lipinski definition) is 1. The van der Waals surface area contributed by atoms with Crippen LogP contribution in [0.4, 0.5) is 0 Å². The number of carboxylic acids is 1. The molecule has 0 atom stereocenters. The standard InChI is InChI=1S/C12H22N4O2/c1-6-11(4,5)9-13-14-15-16(9)12(7-2,8-3)10(17)18/h6-8H2,1-5H3,(H,17,18). The van der Waals surface area contributed by atoms with Gasteiger partial charge in [0, 0.05) is 5.41 Å². The number of aliphatic carboxylic acids is 1. The van der Waals surface area contributed by atoms with Crippen LogP contribution in [0.15, 0.2) is 0 Å². The van der Waals surface area contributed by atoms with Gasteiger partial charge in [-0.3, -0.25) is 0 Å². The van der Waals surface area contributed by atoms with Crippen LogP contribution in [0.5, 0.6) is 0 Å². The molecule has 0 fully saturated rings. The van der Waals surface area contributed by atoms with Gasteiger partial charge in [0.05, 0.1) is 0 Å². The lowest BCUT2D eigenvalue weighted by Gasteiger charge is -2.31. The van der Waals surface area contributed by atoms with Crippen LogP contribution >= 0.6 is 0 Å². The molecule has 0 radical (unpaired) electrons. The van der Waals surface area contributed by atoms with E-state index in [1.165, 1.54) is 4.68 Å². The molecule has 0 unspecified atom stereocenters. The summed E-state index contributed by atoms with van der Waals surface area (Å²) in [5, 5.41) is 21.2. The van der Waals surface area contributed by atoms with Crippen LogP contribution < -0.4 is 0 Å². The van der Waals surface area contributed by atoms with Crippen LogP contribution in [0.1, 0.15) is 59.7 Å². The lowest BCUT2D eigenvalue weighted by atomic mass is 9.86. The van der Waals surface area contributed by atoms with Crippen molar-refractivity contribution in [2.24, 2.45) is 0 Å². The van der Waals surface area contributed by atoms with Crippen molar-refractivity contribution >= 4 is 5.97 Å². The van der Waals surface area contributed by atoms with Crippen molar-refractivity contribution in [3.05, 3.63) is 5.82 Å². The minimum Gasteiger partial charge on any atom is -0.479 e. The zero-order valence-corrected chi connectivity index (χ0v) is 11.8. The maximum absolute atomic E-state index is 11.6. The maximum atomic E-state index is 11.6. The molecule has 1 N–H and O–H groups in total. The molecule has 1 aromatic rings. The lowest BCUT2D eigenvalue weighted by molar-refractivity contribution is -0.149. The van der Waals surface area contributed by atoms with E-state index >= 15 is 0 Å². The summed E-state index contributed by atoms with van der Waals surface area (Å²) in [5.41, 5.74) is -1.29. The summed E-state index contributed by atoms with van der Waals surface area (Å²) in [6.07, 6.45) is 1.75. The molecule has 0 aromatic carbocycles. The van der Waals surface area contributed by atoms with Crippen LogP contribution in [0.2, 0.25) is 0 Å². The topological polar surface area (TPSA) is 80.9 Å². The Balaban J connectivity index is 3.41. The summed E-state index contributed by atoms with van der Waals surface area (Å²) in [6.45, 7) is 9.78. The molecule has 1 rings (SSSR count). The van der Waals surface area contributed by atoms with Gasteiger partial charge in [0.1, 0.15) is 0 Å². The first-order valence-corrected chi connectivity index (χ1v) is 6.38. The molecule has 0 saturated heterocycles. The smallest absolute Gasteiger partial charge is 0.331 e. The average molecular weight is 254 g/mol. The van der Waals surface area contributed by atoms with Gasteiger partial charge in [0.15, 0.2) is 11.4 Å². The molecule has 0 aliphatic rings. The Kier molecular flexibility index (Phi) is 4.09. The fraction of sp³-hybridized carbons (Fsp3) is 0.833. The molecule has 6 heteroatoms. The Morgan fingerprint density at radius 2 is 1.78 bits per heavy atom. The Bertz CT molecular complexity index is 421. The Labute approximate surface area is 107 Å². The highest BCUT2D eigenvalue weighted by molar-refractivity contribution is 5.76. The number of tetrazole rings is 1. The van der Waals surface area contributed by atoms with Gasteiger partial charge in [-0.2, -0.15) is 0 Å². The summed E-state index contributed by atoms with van der Waals surface area (Å²) >= 11 is 0. The summed E-state index contributed by atoms with van der Waals surface area (Å²) in [7, 11) is 0. The largest absolute Gasteiger partial charge is 0.479 e. The third-order valence-electron chi connectivity index (χ3n) is 3.93. The summed E-state index contributed by atoms with van der Waals surface area (Å²) in [4.78, 5) is 11.6. The van der Waals surface area contributed by atoms with E-state index in [0.717, 1.165) is 6.42 Å². The minimum atomic E-state index is -1.05. The Hall–Kier alpha value is -1.46. The number of carbonyl (C=O) groups is 1. The highest BCUT2D eigenvalue weighted by Gasteiger charge is 2.42. The highest BCUT2D eigenvalue weighted by Crippen LogP contribution is 2.31. The van der Waals surface area contributed by atoms with E-state index < -0.39 is 11.5 Å². The fourth-order valence-electron chi connectivity index (χ4n) is 2.00. The van der Waals surface area contributed by atoms with Crippen LogP contribution in [0.25, 0.3) is 0 Å². The van der Waals surface area contributed by atoms with E-state index in [9.17, 15) is 9.90 Å². The first-order valence-electron chi connectivity index (χ1n) is 6.38. The molecule has 0 spiro atoms. The SMILES string of the molecule is CCC(C)(C)c1nnnn1C(CC)(CC)C(=O)O. The summed E-state index contributed by atoms with van der Waals surface area (Å²) in [5.74, 6) is -0.246. The van der Waals surface area contributed by atoms with Gasteiger partial charge in [-0.05, 0) is 29.7 Å². The summed E-state index contributed by atoms with van der Waals surface area (Å²) < 4.78 is 1.50. The van der Waals surface area contributed by atoms with E-state index in [1.54, 1.807) is 0 Å². The van der Waals surface area contributed by atoms with E-state index in [0.29, 0.717) is 18.7 Å². The van der Waals surface area contributed by atoms with Crippen LogP contribution in [-0.2, 0) is 15.7 Å². The summed E-state index contributed by atoms with van der Waals surface area (Å²) in [6, 6.07) is 0. The van der Waals surface area contributed by atoms with Crippen molar-refractivity contribution in [2.45, 2.75) is 64.8 Å². The van der Waals surface area contributed by atoms with Gasteiger partial charge >= 0.3 is 5.97 Å². The molecule has 0 amide bonds. The van der Waals surface area contributed by atoms with E-state index in [4.69, 9.17) is 0 Å². The van der Waals surface area contributed by atoms with Gasteiger partial charge in [-0.25, -0.2) is 9.48 Å². The van der Waals surface area contributed by atoms with Crippen LogP contribution in [0, 0.1) is 0 Å². The molecule has 1 aromatic heterocycles. The van der Waals surface area contributed by atoms with Crippen molar-refractivity contribution < 1.29 is 9.90 Å². The second-order valence-corrected chi connectivity index (χ2v) is 5.20. The molecular weight excluding hydrogens is 232 g/mol. The number of hydrogen-bond acceptors (Lipinski definition) is 4. The third kappa shape index (κ3) is 2.11. The zero-order valence-electron chi connectivity index (χ0n) is 11.8. The molecule has 102 valence electrons. The first kappa shape index (κ1) is 14.6. The van der Waals surface area contributed by atoms with E-state index in [1.807, 2.05) is 34.6 Å². The van der Waals surface area contributed by atoms with Crippen molar-refractivity contribution in [1.82, 2.24) is 20.2 Å². The maximum Gasteiger partial charge on any atom is 0.331 e. The quantitative estimate of drug-likeness (QED) is 0.839. The number of aromatic nitrogens is 4. The fourth-order valence-corrected chi connectivity index (χ4v) is 2.00. The number of nitrogens with zero attached hydrogens (tertiary/aromatic N) is 4.